The molecule has 0 aromatic carbocycles. The van der Waals surface area contributed by atoms with Crippen LogP contribution in [0, 0.1) is 22.7 Å². The Morgan fingerprint density at radius 1 is 1.22 bits per heavy atom. The largest absolute Gasteiger partial charge is 0.326 e. The predicted molar refractivity (Wildman–Crippen MR) is 70.7 cm³/mol. The second kappa shape index (κ2) is 5.30. The van der Waals surface area contributed by atoms with Crippen LogP contribution in [0.5, 0.6) is 0 Å². The highest BCUT2D eigenvalue weighted by atomic mass is 16.2. The maximum absolute atomic E-state index is 12.7. The quantitative estimate of drug-likeness (QED) is 0.715. The first-order valence-corrected chi connectivity index (χ1v) is 7.26. The van der Waals surface area contributed by atoms with Crippen LogP contribution in [0.4, 0.5) is 0 Å². The number of rotatable bonds is 1. The summed E-state index contributed by atoms with van der Waals surface area (Å²) in [5.41, 5.74) is 0.104. The van der Waals surface area contributed by atoms with Gasteiger partial charge in [-0.2, -0.15) is 5.26 Å². The number of nitriles is 1. The molecular formula is C15H24N2O. The monoisotopic (exact) mass is 248 g/mol. The molecule has 1 aliphatic heterocycles. The van der Waals surface area contributed by atoms with Crippen LogP contribution in [-0.2, 0) is 4.79 Å². The number of piperidine rings is 1. The fraction of sp³-hybridized carbons (Fsp3) is 0.867. The Balaban J connectivity index is 2.12. The first kappa shape index (κ1) is 13.4. The molecule has 0 spiro atoms. The molecule has 3 nitrogen and oxygen atoms in total. The summed E-state index contributed by atoms with van der Waals surface area (Å²) < 4.78 is 0. The molecule has 2 aliphatic rings. The van der Waals surface area contributed by atoms with Gasteiger partial charge in [-0.3, -0.25) is 4.79 Å². The van der Waals surface area contributed by atoms with E-state index in [1.807, 2.05) is 4.90 Å². The topological polar surface area (TPSA) is 44.1 Å². The summed E-state index contributed by atoms with van der Waals surface area (Å²) in [6, 6.07) is 2.13. The second-order valence-electron chi connectivity index (χ2n) is 6.46. The summed E-state index contributed by atoms with van der Waals surface area (Å²) in [6.07, 6.45) is 7.51. The summed E-state index contributed by atoms with van der Waals surface area (Å²) >= 11 is 0. The van der Waals surface area contributed by atoms with Crippen molar-refractivity contribution >= 4 is 5.91 Å². The van der Waals surface area contributed by atoms with Gasteiger partial charge in [0.25, 0.3) is 0 Å². The number of hydrogen-bond acceptors (Lipinski definition) is 2. The average Bonchev–Trinajstić information content (AvgIpc) is 2.37. The Kier molecular flexibility index (Phi) is 3.94. The van der Waals surface area contributed by atoms with Crippen molar-refractivity contribution < 1.29 is 4.79 Å². The molecule has 2 rings (SSSR count). The van der Waals surface area contributed by atoms with Gasteiger partial charge in [0.05, 0.1) is 6.07 Å². The highest BCUT2D eigenvalue weighted by Gasteiger charge is 2.41. The molecule has 2 fully saturated rings. The van der Waals surface area contributed by atoms with E-state index in [9.17, 15) is 10.1 Å². The van der Waals surface area contributed by atoms with Gasteiger partial charge in [-0.1, -0.05) is 26.7 Å². The lowest BCUT2D eigenvalue weighted by atomic mass is 9.68. The highest BCUT2D eigenvalue weighted by Crippen LogP contribution is 2.42. The highest BCUT2D eigenvalue weighted by molar-refractivity contribution is 5.80. The van der Waals surface area contributed by atoms with Crippen molar-refractivity contribution in [2.75, 3.05) is 6.54 Å². The third-order valence-electron chi connectivity index (χ3n) is 4.74. The lowest BCUT2D eigenvalue weighted by Crippen LogP contribution is -2.49. The molecule has 0 aromatic rings. The molecule has 1 saturated heterocycles. The maximum Gasteiger partial charge on any atom is 0.227 e. The van der Waals surface area contributed by atoms with Crippen molar-refractivity contribution in [1.29, 1.82) is 5.26 Å². The van der Waals surface area contributed by atoms with Gasteiger partial charge in [0.1, 0.15) is 6.04 Å². The predicted octanol–water partition coefficient (Wildman–Crippen LogP) is 3.11. The molecule has 0 aromatic heterocycles. The van der Waals surface area contributed by atoms with Crippen LogP contribution in [0.3, 0.4) is 0 Å². The van der Waals surface area contributed by atoms with Gasteiger partial charge in [0, 0.05) is 12.5 Å². The van der Waals surface area contributed by atoms with E-state index in [1.54, 1.807) is 0 Å². The van der Waals surface area contributed by atoms with Crippen molar-refractivity contribution in [2.45, 2.75) is 64.8 Å². The minimum atomic E-state index is -0.177. The number of likely N-dealkylation sites (tertiary alicyclic amines) is 1. The summed E-state index contributed by atoms with van der Waals surface area (Å²) in [7, 11) is 0. The number of nitrogens with zero attached hydrogens (tertiary/aromatic N) is 2. The van der Waals surface area contributed by atoms with Gasteiger partial charge >= 0.3 is 0 Å². The summed E-state index contributed by atoms with van der Waals surface area (Å²) in [5, 5.41) is 9.19. The van der Waals surface area contributed by atoms with Crippen LogP contribution in [0.25, 0.3) is 0 Å². The minimum absolute atomic E-state index is 0.104. The first-order valence-electron chi connectivity index (χ1n) is 7.26. The summed E-state index contributed by atoms with van der Waals surface area (Å²) in [4.78, 5) is 14.6. The van der Waals surface area contributed by atoms with Gasteiger partial charge in [0.2, 0.25) is 5.91 Å². The Morgan fingerprint density at radius 2 is 1.94 bits per heavy atom. The van der Waals surface area contributed by atoms with Crippen LogP contribution in [-0.4, -0.2) is 23.4 Å². The third kappa shape index (κ3) is 2.53. The molecule has 0 radical (unpaired) electrons. The van der Waals surface area contributed by atoms with E-state index in [0.717, 1.165) is 45.1 Å². The number of hydrogen-bond donors (Lipinski definition) is 0. The van der Waals surface area contributed by atoms with Crippen LogP contribution in [0.1, 0.15) is 58.8 Å². The van der Waals surface area contributed by atoms with Crippen LogP contribution in [0.15, 0.2) is 0 Å². The summed E-state index contributed by atoms with van der Waals surface area (Å²) in [6.45, 7) is 5.20. The zero-order chi connectivity index (χ0) is 13.2. The molecule has 2 unspecified atom stereocenters. The average molecular weight is 248 g/mol. The fourth-order valence-electron chi connectivity index (χ4n) is 3.48. The smallest absolute Gasteiger partial charge is 0.227 e. The fourth-order valence-corrected chi connectivity index (χ4v) is 3.48. The van der Waals surface area contributed by atoms with Crippen molar-refractivity contribution in [3.8, 4) is 6.07 Å². The van der Waals surface area contributed by atoms with Crippen LogP contribution < -0.4 is 0 Å². The molecule has 0 N–H and O–H groups in total. The van der Waals surface area contributed by atoms with Crippen molar-refractivity contribution in [1.82, 2.24) is 4.90 Å². The van der Waals surface area contributed by atoms with E-state index in [1.165, 1.54) is 6.42 Å². The second-order valence-corrected chi connectivity index (χ2v) is 6.46. The molecule has 18 heavy (non-hydrogen) atoms. The SMILES string of the molecule is CC1(C)CCCCC1C(=O)N1CCCCC1C#N. The molecule has 3 heteroatoms. The summed E-state index contributed by atoms with van der Waals surface area (Å²) in [5.74, 6) is 0.367. The van der Waals surface area contributed by atoms with Crippen LogP contribution in [0.2, 0.25) is 0 Å². The molecular weight excluding hydrogens is 224 g/mol. The van der Waals surface area contributed by atoms with Gasteiger partial charge in [-0.25, -0.2) is 0 Å². The molecule has 1 aliphatic carbocycles. The zero-order valence-electron chi connectivity index (χ0n) is 11.6. The normalized spacial score (nSPS) is 31.7. The number of amides is 1. The Labute approximate surface area is 110 Å². The lowest BCUT2D eigenvalue weighted by Gasteiger charge is -2.42. The molecule has 0 bridgehead atoms. The Bertz CT molecular complexity index is 356. The van der Waals surface area contributed by atoms with Gasteiger partial charge < -0.3 is 4.90 Å². The molecule has 2 atom stereocenters. The Morgan fingerprint density at radius 3 is 2.61 bits per heavy atom. The van der Waals surface area contributed by atoms with E-state index in [0.29, 0.717) is 0 Å². The number of carbonyl (C=O) groups is 1. The van der Waals surface area contributed by atoms with Gasteiger partial charge in [-0.05, 0) is 37.5 Å². The molecule has 1 amide bonds. The number of carbonyl (C=O) groups excluding carboxylic acids is 1. The lowest BCUT2D eigenvalue weighted by molar-refractivity contribution is -0.143. The van der Waals surface area contributed by atoms with E-state index >= 15 is 0 Å². The van der Waals surface area contributed by atoms with Crippen molar-refractivity contribution in [3.05, 3.63) is 0 Å². The van der Waals surface area contributed by atoms with E-state index in [4.69, 9.17) is 0 Å². The van der Waals surface area contributed by atoms with E-state index < -0.39 is 0 Å². The van der Waals surface area contributed by atoms with E-state index in [-0.39, 0.29) is 23.3 Å². The molecule has 100 valence electrons. The van der Waals surface area contributed by atoms with E-state index in [2.05, 4.69) is 19.9 Å². The van der Waals surface area contributed by atoms with Crippen molar-refractivity contribution in [2.24, 2.45) is 11.3 Å². The standard InChI is InChI=1S/C15H24N2O/c1-15(2)9-5-3-8-13(15)14(18)17-10-6-4-7-12(17)11-16/h12-13H,3-10H2,1-2H3. The maximum atomic E-state index is 12.7. The first-order chi connectivity index (χ1) is 8.56. The van der Waals surface area contributed by atoms with Crippen LogP contribution >= 0.6 is 0 Å². The molecule has 1 saturated carbocycles. The molecule has 1 heterocycles. The van der Waals surface area contributed by atoms with Gasteiger partial charge in [-0.15, -0.1) is 0 Å². The Hall–Kier alpha value is -1.04. The third-order valence-corrected chi connectivity index (χ3v) is 4.74. The van der Waals surface area contributed by atoms with Crippen molar-refractivity contribution in [3.63, 3.8) is 0 Å². The zero-order valence-corrected chi connectivity index (χ0v) is 11.6. The van der Waals surface area contributed by atoms with Gasteiger partial charge in [0.15, 0.2) is 0 Å². The minimum Gasteiger partial charge on any atom is -0.326 e.